The predicted octanol–water partition coefficient (Wildman–Crippen LogP) is 3.08. The summed E-state index contributed by atoms with van der Waals surface area (Å²) in [5, 5.41) is 0. The Balaban J connectivity index is 2.53. The van der Waals surface area contributed by atoms with Crippen LogP contribution in [-0.2, 0) is 0 Å². The van der Waals surface area contributed by atoms with E-state index in [2.05, 4.69) is 27.7 Å². The summed E-state index contributed by atoms with van der Waals surface area (Å²) in [6.07, 6.45) is 2.90. The van der Waals surface area contributed by atoms with E-state index >= 15 is 0 Å². The van der Waals surface area contributed by atoms with Gasteiger partial charge in [-0.3, -0.25) is 0 Å². The van der Waals surface area contributed by atoms with Crippen LogP contribution in [0.2, 0.25) is 0 Å². The fraction of sp³-hybridized carbons (Fsp3) is 1.00. The van der Waals surface area contributed by atoms with Crippen LogP contribution in [0.15, 0.2) is 0 Å². The first kappa shape index (κ1) is 7.11. The molecule has 0 radical (unpaired) electrons. The van der Waals surface area contributed by atoms with E-state index < -0.39 is 0 Å². The molecule has 0 aromatic rings. The lowest BCUT2D eigenvalue weighted by Crippen LogP contribution is -2.39. The average Bonchev–Trinajstić information content (AvgIpc) is 1.82. The zero-order valence-corrected chi connectivity index (χ0v) is 7.07. The molecule has 0 aromatic heterocycles. The molecule has 2 atom stereocenters. The van der Waals surface area contributed by atoms with Gasteiger partial charge < -0.3 is 0 Å². The molecule has 0 nitrogen and oxygen atoms in total. The molecule has 0 aromatic carbocycles. The maximum atomic E-state index is 2.42. The van der Waals surface area contributed by atoms with Crippen molar-refractivity contribution in [3.05, 3.63) is 0 Å². The van der Waals surface area contributed by atoms with Gasteiger partial charge in [-0.15, -0.1) is 0 Å². The minimum absolute atomic E-state index is 0.681. The van der Waals surface area contributed by atoms with Crippen LogP contribution >= 0.6 is 0 Å². The molecule has 0 heterocycles. The van der Waals surface area contributed by atoms with Crippen molar-refractivity contribution in [2.75, 3.05) is 0 Å². The number of hydrogen-bond acceptors (Lipinski definition) is 0. The topological polar surface area (TPSA) is 0 Å². The molecule has 1 saturated carbocycles. The summed E-state index contributed by atoms with van der Waals surface area (Å²) >= 11 is 0. The zero-order valence-electron chi connectivity index (χ0n) is 7.07. The molecule has 54 valence electrons. The highest BCUT2D eigenvalue weighted by Crippen LogP contribution is 2.51. The summed E-state index contributed by atoms with van der Waals surface area (Å²) < 4.78 is 0. The predicted molar refractivity (Wildman–Crippen MR) is 41.3 cm³/mol. The molecule has 1 aliphatic rings. The van der Waals surface area contributed by atoms with Crippen LogP contribution < -0.4 is 0 Å². The molecule has 1 fully saturated rings. The van der Waals surface area contributed by atoms with Crippen molar-refractivity contribution in [2.45, 2.75) is 40.5 Å². The maximum absolute atomic E-state index is 2.42. The molecule has 0 N–H and O–H groups in total. The van der Waals surface area contributed by atoms with E-state index in [1.165, 1.54) is 12.8 Å². The quantitative estimate of drug-likeness (QED) is 0.506. The summed E-state index contributed by atoms with van der Waals surface area (Å²) in [7, 11) is 0. The summed E-state index contributed by atoms with van der Waals surface area (Å²) in [5.41, 5.74) is 0.681. The molecular weight excluding hydrogens is 108 g/mol. The van der Waals surface area contributed by atoms with Crippen molar-refractivity contribution in [3.8, 4) is 0 Å². The van der Waals surface area contributed by atoms with Crippen molar-refractivity contribution in [1.29, 1.82) is 0 Å². The van der Waals surface area contributed by atoms with Gasteiger partial charge in [0, 0.05) is 0 Å². The van der Waals surface area contributed by atoms with Gasteiger partial charge in [0.25, 0.3) is 0 Å². The fourth-order valence-electron chi connectivity index (χ4n) is 1.75. The monoisotopic (exact) mass is 126 g/mol. The first-order chi connectivity index (χ1) is 4.07. The van der Waals surface area contributed by atoms with E-state index in [9.17, 15) is 0 Å². The van der Waals surface area contributed by atoms with Crippen LogP contribution in [0.1, 0.15) is 40.5 Å². The molecule has 0 saturated heterocycles. The lowest BCUT2D eigenvalue weighted by Gasteiger charge is -2.49. The van der Waals surface area contributed by atoms with Gasteiger partial charge in [-0.1, -0.05) is 27.7 Å². The minimum Gasteiger partial charge on any atom is -0.0622 e. The van der Waals surface area contributed by atoms with E-state index in [0.29, 0.717) is 5.41 Å². The highest BCUT2D eigenvalue weighted by Gasteiger charge is 2.41. The van der Waals surface area contributed by atoms with Gasteiger partial charge in [0.2, 0.25) is 0 Å². The normalized spacial score (nSPS) is 43.0. The largest absolute Gasteiger partial charge is 0.0622 e. The minimum atomic E-state index is 0.681. The fourth-order valence-corrected chi connectivity index (χ4v) is 1.75. The van der Waals surface area contributed by atoms with Crippen LogP contribution in [0.25, 0.3) is 0 Å². The Morgan fingerprint density at radius 3 is 2.00 bits per heavy atom. The maximum Gasteiger partial charge on any atom is -0.0277 e. The van der Waals surface area contributed by atoms with Crippen molar-refractivity contribution < 1.29 is 0 Å². The third-order valence-corrected chi connectivity index (χ3v) is 3.56. The van der Waals surface area contributed by atoms with Gasteiger partial charge >= 0.3 is 0 Å². The molecule has 0 spiro atoms. The smallest absolute Gasteiger partial charge is 0.0277 e. The molecule has 0 aliphatic heterocycles. The molecule has 0 heteroatoms. The summed E-state index contributed by atoms with van der Waals surface area (Å²) in [4.78, 5) is 0. The molecule has 0 amide bonds. The Morgan fingerprint density at radius 2 is 2.00 bits per heavy atom. The third-order valence-electron chi connectivity index (χ3n) is 3.56. The Kier molecular flexibility index (Phi) is 1.58. The molecule has 0 bridgehead atoms. The molecule has 2 unspecified atom stereocenters. The highest BCUT2D eigenvalue weighted by molar-refractivity contribution is 4.91. The standard InChI is InChI=1S/C9H18/c1-7(2)9(4)6-5-8(9)3/h7-8H,5-6H2,1-4H3. The Hall–Kier alpha value is 0. The van der Waals surface area contributed by atoms with Crippen LogP contribution in [0, 0.1) is 17.3 Å². The van der Waals surface area contributed by atoms with Gasteiger partial charge in [0.15, 0.2) is 0 Å². The average molecular weight is 126 g/mol. The van der Waals surface area contributed by atoms with Crippen molar-refractivity contribution in [1.82, 2.24) is 0 Å². The second-order valence-corrected chi connectivity index (χ2v) is 4.10. The van der Waals surface area contributed by atoms with Crippen LogP contribution in [0.3, 0.4) is 0 Å². The van der Waals surface area contributed by atoms with Gasteiger partial charge in [-0.2, -0.15) is 0 Å². The Bertz CT molecular complexity index is 97.9. The molecule has 1 aliphatic carbocycles. The lowest BCUT2D eigenvalue weighted by molar-refractivity contribution is 0.0137. The van der Waals surface area contributed by atoms with E-state index in [1.807, 2.05) is 0 Å². The van der Waals surface area contributed by atoms with E-state index in [4.69, 9.17) is 0 Å². The summed E-state index contributed by atoms with van der Waals surface area (Å²) in [5.74, 6) is 1.85. The molecule has 9 heavy (non-hydrogen) atoms. The summed E-state index contributed by atoms with van der Waals surface area (Å²) in [6, 6.07) is 0. The Morgan fingerprint density at radius 1 is 1.44 bits per heavy atom. The van der Waals surface area contributed by atoms with Crippen LogP contribution in [0.5, 0.6) is 0 Å². The van der Waals surface area contributed by atoms with Gasteiger partial charge in [0.05, 0.1) is 0 Å². The first-order valence-electron chi connectivity index (χ1n) is 4.07. The lowest BCUT2D eigenvalue weighted by atomic mass is 9.57. The van der Waals surface area contributed by atoms with Crippen molar-refractivity contribution in [3.63, 3.8) is 0 Å². The second kappa shape index (κ2) is 2.00. The molecule has 1 rings (SSSR count). The number of hydrogen-bond donors (Lipinski definition) is 0. The Labute approximate surface area is 58.7 Å². The third kappa shape index (κ3) is 0.889. The van der Waals surface area contributed by atoms with Crippen molar-refractivity contribution >= 4 is 0 Å². The summed E-state index contributed by atoms with van der Waals surface area (Å²) in [6.45, 7) is 9.49. The first-order valence-corrected chi connectivity index (χ1v) is 4.07. The van der Waals surface area contributed by atoms with Gasteiger partial charge in [0.1, 0.15) is 0 Å². The zero-order chi connectivity index (χ0) is 7.07. The second-order valence-electron chi connectivity index (χ2n) is 4.10. The highest BCUT2D eigenvalue weighted by atomic mass is 14.5. The van der Waals surface area contributed by atoms with Gasteiger partial charge in [-0.25, -0.2) is 0 Å². The van der Waals surface area contributed by atoms with E-state index in [1.54, 1.807) is 0 Å². The van der Waals surface area contributed by atoms with Crippen LogP contribution in [-0.4, -0.2) is 0 Å². The van der Waals surface area contributed by atoms with Crippen molar-refractivity contribution in [2.24, 2.45) is 17.3 Å². The molecular formula is C9H18. The van der Waals surface area contributed by atoms with E-state index in [0.717, 1.165) is 11.8 Å². The van der Waals surface area contributed by atoms with Gasteiger partial charge in [-0.05, 0) is 30.1 Å². The van der Waals surface area contributed by atoms with Crippen LogP contribution in [0.4, 0.5) is 0 Å². The van der Waals surface area contributed by atoms with E-state index in [-0.39, 0.29) is 0 Å². The number of rotatable bonds is 1. The SMILES string of the molecule is CC(C)C1(C)CCC1C.